The molecule has 3 aromatic rings. The summed E-state index contributed by atoms with van der Waals surface area (Å²) >= 11 is 6.00. The maximum atomic E-state index is 13.1. The van der Waals surface area contributed by atoms with Crippen molar-refractivity contribution in [3.8, 4) is 5.69 Å². The van der Waals surface area contributed by atoms with E-state index in [-0.39, 0.29) is 17.8 Å². The first-order valence-electron chi connectivity index (χ1n) is 9.87. The number of hydrogen-bond donors (Lipinski definition) is 2. The standard InChI is InChI=1S/C23H21ClN4O3/c1-3-19-18(21(29)28(26-19)17-9-7-14(2)8-10-17)12-20-22(30)27(23(31)25-20)13-15-5-4-6-16(24)11-15/h4-12,26H,3,13H2,1-2H3,(H,25,31). The minimum absolute atomic E-state index is 0.0638. The summed E-state index contributed by atoms with van der Waals surface area (Å²) in [5.41, 5.74) is 3.30. The molecule has 8 heteroatoms. The molecule has 1 aliphatic rings. The van der Waals surface area contributed by atoms with Crippen molar-refractivity contribution >= 4 is 29.6 Å². The van der Waals surface area contributed by atoms with E-state index >= 15 is 0 Å². The van der Waals surface area contributed by atoms with Gasteiger partial charge in [0, 0.05) is 10.7 Å². The lowest BCUT2D eigenvalue weighted by molar-refractivity contribution is -0.123. The Kier molecular flexibility index (Phi) is 5.52. The number of hydrogen-bond acceptors (Lipinski definition) is 3. The molecule has 4 rings (SSSR count). The molecule has 1 aliphatic heterocycles. The lowest BCUT2D eigenvalue weighted by atomic mass is 10.1. The third-order valence-electron chi connectivity index (χ3n) is 5.13. The van der Waals surface area contributed by atoms with Crippen molar-refractivity contribution < 1.29 is 9.59 Å². The minimum atomic E-state index is -0.538. The van der Waals surface area contributed by atoms with Crippen LogP contribution in [0, 0.1) is 6.92 Å². The summed E-state index contributed by atoms with van der Waals surface area (Å²) in [6, 6.07) is 14.0. The molecular weight excluding hydrogens is 416 g/mol. The molecule has 0 spiro atoms. The number of amides is 3. The Morgan fingerprint density at radius 3 is 2.48 bits per heavy atom. The van der Waals surface area contributed by atoms with Crippen molar-refractivity contribution in [1.29, 1.82) is 0 Å². The van der Waals surface area contributed by atoms with Gasteiger partial charge in [-0.3, -0.25) is 19.6 Å². The maximum Gasteiger partial charge on any atom is 0.329 e. The fourth-order valence-electron chi connectivity index (χ4n) is 3.47. The largest absolute Gasteiger partial charge is 0.329 e. The number of aryl methyl sites for hydroxylation is 2. The molecule has 1 saturated heterocycles. The Hall–Kier alpha value is -3.58. The first-order valence-corrected chi connectivity index (χ1v) is 10.2. The molecule has 7 nitrogen and oxygen atoms in total. The average molecular weight is 437 g/mol. The number of nitrogens with zero attached hydrogens (tertiary/aromatic N) is 2. The van der Waals surface area contributed by atoms with Crippen LogP contribution in [0.3, 0.4) is 0 Å². The number of aromatic nitrogens is 2. The van der Waals surface area contributed by atoms with Gasteiger partial charge >= 0.3 is 6.03 Å². The summed E-state index contributed by atoms with van der Waals surface area (Å²) in [4.78, 5) is 39.4. The SMILES string of the molecule is CCc1[nH]n(-c2ccc(C)cc2)c(=O)c1C=C1NC(=O)N(Cc2cccc(Cl)c2)C1=O. The van der Waals surface area contributed by atoms with Crippen LogP contribution in [0.25, 0.3) is 11.8 Å². The van der Waals surface area contributed by atoms with Crippen molar-refractivity contribution in [2.45, 2.75) is 26.8 Å². The van der Waals surface area contributed by atoms with Crippen LogP contribution in [0.4, 0.5) is 4.79 Å². The van der Waals surface area contributed by atoms with Crippen LogP contribution in [0.1, 0.15) is 29.3 Å². The molecule has 0 unspecified atom stereocenters. The van der Waals surface area contributed by atoms with E-state index in [9.17, 15) is 14.4 Å². The first-order chi connectivity index (χ1) is 14.9. The van der Waals surface area contributed by atoms with Crippen LogP contribution in [0.15, 0.2) is 59.0 Å². The zero-order valence-corrected chi connectivity index (χ0v) is 17.9. The molecule has 2 heterocycles. The smallest absolute Gasteiger partial charge is 0.303 e. The normalized spacial score (nSPS) is 15.1. The molecule has 2 aromatic carbocycles. The number of halogens is 1. The van der Waals surface area contributed by atoms with Crippen LogP contribution >= 0.6 is 11.6 Å². The van der Waals surface area contributed by atoms with Gasteiger partial charge in [0.25, 0.3) is 11.5 Å². The second-order valence-electron chi connectivity index (χ2n) is 7.34. The zero-order chi connectivity index (χ0) is 22.1. The number of aromatic amines is 1. The van der Waals surface area contributed by atoms with Crippen LogP contribution in [-0.2, 0) is 17.8 Å². The Balaban J connectivity index is 1.67. The molecule has 0 atom stereocenters. The number of carbonyl (C=O) groups excluding carboxylic acids is 2. The summed E-state index contributed by atoms with van der Waals surface area (Å²) in [5, 5.41) is 6.20. The van der Waals surface area contributed by atoms with E-state index in [4.69, 9.17) is 11.6 Å². The number of urea groups is 1. The summed E-state index contributed by atoms with van der Waals surface area (Å²) in [6.07, 6.45) is 2.00. The monoisotopic (exact) mass is 436 g/mol. The summed E-state index contributed by atoms with van der Waals surface area (Å²) < 4.78 is 1.44. The molecule has 31 heavy (non-hydrogen) atoms. The highest BCUT2D eigenvalue weighted by Crippen LogP contribution is 2.19. The third kappa shape index (κ3) is 4.04. The van der Waals surface area contributed by atoms with Crippen molar-refractivity contribution in [2.24, 2.45) is 0 Å². The number of H-pyrrole nitrogens is 1. The number of nitrogens with one attached hydrogen (secondary N) is 2. The molecule has 0 bridgehead atoms. The fraction of sp³-hybridized carbons (Fsp3) is 0.174. The molecule has 158 valence electrons. The molecule has 0 radical (unpaired) electrons. The Morgan fingerprint density at radius 2 is 1.81 bits per heavy atom. The van der Waals surface area contributed by atoms with Crippen molar-refractivity contribution in [2.75, 3.05) is 0 Å². The quantitative estimate of drug-likeness (QED) is 0.471. The second kappa shape index (κ2) is 8.28. The van der Waals surface area contributed by atoms with Crippen molar-refractivity contribution in [3.63, 3.8) is 0 Å². The third-order valence-corrected chi connectivity index (χ3v) is 5.37. The van der Waals surface area contributed by atoms with Crippen molar-refractivity contribution in [3.05, 3.63) is 92.0 Å². The predicted octanol–water partition coefficient (Wildman–Crippen LogP) is 3.78. The van der Waals surface area contributed by atoms with Gasteiger partial charge in [-0.2, -0.15) is 0 Å². The zero-order valence-electron chi connectivity index (χ0n) is 17.1. The van der Waals surface area contributed by atoms with Gasteiger partial charge in [0.05, 0.1) is 17.8 Å². The average Bonchev–Trinajstić information content (AvgIpc) is 3.20. The van der Waals surface area contributed by atoms with E-state index in [2.05, 4.69) is 10.4 Å². The van der Waals surface area contributed by atoms with Gasteiger partial charge in [-0.25, -0.2) is 9.48 Å². The number of benzene rings is 2. The van der Waals surface area contributed by atoms with Gasteiger partial charge < -0.3 is 5.32 Å². The van der Waals surface area contributed by atoms with Gasteiger partial charge in [-0.1, -0.05) is 48.4 Å². The molecular formula is C23H21ClN4O3. The van der Waals surface area contributed by atoms with Crippen LogP contribution in [-0.4, -0.2) is 26.6 Å². The van der Waals surface area contributed by atoms with Gasteiger partial charge in [-0.15, -0.1) is 0 Å². The summed E-state index contributed by atoms with van der Waals surface area (Å²) in [7, 11) is 0. The molecule has 2 N–H and O–H groups in total. The predicted molar refractivity (Wildman–Crippen MR) is 119 cm³/mol. The minimum Gasteiger partial charge on any atom is -0.303 e. The molecule has 3 amide bonds. The Bertz CT molecular complexity index is 1250. The fourth-order valence-corrected chi connectivity index (χ4v) is 3.68. The van der Waals surface area contributed by atoms with Crippen molar-refractivity contribution in [1.82, 2.24) is 20.0 Å². The molecule has 1 fully saturated rings. The van der Waals surface area contributed by atoms with Gasteiger partial charge in [0.1, 0.15) is 5.70 Å². The van der Waals surface area contributed by atoms with E-state index in [0.29, 0.717) is 28.4 Å². The highest BCUT2D eigenvalue weighted by Gasteiger charge is 2.34. The Morgan fingerprint density at radius 1 is 1.06 bits per heavy atom. The number of carbonyl (C=O) groups is 2. The Labute approximate surface area is 183 Å². The van der Waals surface area contributed by atoms with Crippen LogP contribution in [0.5, 0.6) is 0 Å². The number of rotatable bonds is 5. The first kappa shape index (κ1) is 20.7. The van der Waals surface area contributed by atoms with E-state index in [1.165, 1.54) is 10.8 Å². The highest BCUT2D eigenvalue weighted by atomic mass is 35.5. The van der Waals surface area contributed by atoms with Gasteiger partial charge in [0.15, 0.2) is 0 Å². The van der Waals surface area contributed by atoms with Crippen LogP contribution < -0.4 is 10.9 Å². The van der Waals surface area contributed by atoms with E-state index in [0.717, 1.165) is 16.0 Å². The second-order valence-corrected chi connectivity index (χ2v) is 7.78. The van der Waals surface area contributed by atoms with Gasteiger partial charge in [-0.05, 0) is 49.2 Å². The summed E-state index contributed by atoms with van der Waals surface area (Å²) in [5.74, 6) is -0.491. The highest BCUT2D eigenvalue weighted by molar-refractivity contribution is 6.30. The van der Waals surface area contributed by atoms with Gasteiger partial charge in [0.2, 0.25) is 0 Å². The van der Waals surface area contributed by atoms with E-state index < -0.39 is 11.9 Å². The number of imide groups is 1. The maximum absolute atomic E-state index is 13.1. The molecule has 0 aliphatic carbocycles. The van der Waals surface area contributed by atoms with E-state index in [1.54, 1.807) is 24.3 Å². The lowest BCUT2D eigenvalue weighted by Gasteiger charge is -2.11. The molecule has 0 saturated carbocycles. The lowest BCUT2D eigenvalue weighted by Crippen LogP contribution is -2.30. The summed E-state index contributed by atoms with van der Waals surface area (Å²) in [6.45, 7) is 3.97. The topological polar surface area (TPSA) is 87.2 Å². The van der Waals surface area contributed by atoms with Crippen LogP contribution in [0.2, 0.25) is 5.02 Å². The molecule has 1 aromatic heterocycles. The van der Waals surface area contributed by atoms with E-state index in [1.807, 2.05) is 38.1 Å².